The standard InChI is InChI=1S/C21H23NO7S2/c1-14-6-8-17(30(2,25)26)12-18(14)21(24)29-13-20(23)16-7-9-19-15(11-16)5-4-10-22(19)31(3,27)28/h6-9,11-12H,4-5,10,13H2,1-3H3. The summed E-state index contributed by atoms with van der Waals surface area (Å²) in [4.78, 5) is 25.0. The number of carbonyl (C=O) groups is 2. The third-order valence-electron chi connectivity index (χ3n) is 5.07. The Balaban J connectivity index is 1.76. The summed E-state index contributed by atoms with van der Waals surface area (Å²) in [6.07, 6.45) is 3.46. The number of hydrogen-bond acceptors (Lipinski definition) is 7. The van der Waals surface area contributed by atoms with Gasteiger partial charge in [-0.3, -0.25) is 9.10 Å². The summed E-state index contributed by atoms with van der Waals surface area (Å²) >= 11 is 0. The van der Waals surface area contributed by atoms with E-state index < -0.39 is 38.2 Å². The zero-order chi connectivity index (χ0) is 23.0. The maximum Gasteiger partial charge on any atom is 0.338 e. The monoisotopic (exact) mass is 465 g/mol. The van der Waals surface area contributed by atoms with Crippen LogP contribution in [0.2, 0.25) is 0 Å². The van der Waals surface area contributed by atoms with Crippen LogP contribution in [0.3, 0.4) is 0 Å². The summed E-state index contributed by atoms with van der Waals surface area (Å²) in [5, 5.41) is 0. The quantitative estimate of drug-likeness (QED) is 0.474. The topological polar surface area (TPSA) is 115 Å². The van der Waals surface area contributed by atoms with Gasteiger partial charge in [-0.2, -0.15) is 0 Å². The lowest BCUT2D eigenvalue weighted by Crippen LogP contribution is -2.34. The van der Waals surface area contributed by atoms with Crippen LogP contribution >= 0.6 is 0 Å². The maximum absolute atomic E-state index is 12.6. The summed E-state index contributed by atoms with van der Waals surface area (Å²) in [5.74, 6) is -1.23. The van der Waals surface area contributed by atoms with Gasteiger partial charge >= 0.3 is 5.97 Å². The van der Waals surface area contributed by atoms with Gasteiger partial charge in [0.1, 0.15) is 0 Å². The highest BCUT2D eigenvalue weighted by Crippen LogP contribution is 2.30. The molecule has 166 valence electrons. The van der Waals surface area contributed by atoms with Crippen LogP contribution in [0.5, 0.6) is 0 Å². The van der Waals surface area contributed by atoms with Gasteiger partial charge in [0.2, 0.25) is 10.0 Å². The first-order valence-corrected chi connectivity index (χ1v) is 13.2. The first-order chi connectivity index (χ1) is 14.4. The zero-order valence-corrected chi connectivity index (χ0v) is 19.0. The third kappa shape index (κ3) is 5.13. The minimum Gasteiger partial charge on any atom is -0.454 e. The van der Waals surface area contributed by atoms with Gasteiger partial charge in [-0.15, -0.1) is 0 Å². The Morgan fingerprint density at radius 3 is 2.39 bits per heavy atom. The number of nitrogens with zero attached hydrogens (tertiary/aromatic N) is 1. The van der Waals surface area contributed by atoms with Crippen molar-refractivity contribution in [1.82, 2.24) is 0 Å². The van der Waals surface area contributed by atoms with Crippen LogP contribution < -0.4 is 4.31 Å². The fraction of sp³-hybridized carbons (Fsp3) is 0.333. The van der Waals surface area contributed by atoms with E-state index in [1.54, 1.807) is 19.1 Å². The molecular weight excluding hydrogens is 442 g/mol. The van der Waals surface area contributed by atoms with Crippen molar-refractivity contribution in [3.05, 3.63) is 58.7 Å². The van der Waals surface area contributed by atoms with Crippen molar-refractivity contribution < 1.29 is 31.2 Å². The molecule has 0 bridgehead atoms. The van der Waals surface area contributed by atoms with Crippen LogP contribution in [0.25, 0.3) is 0 Å². The summed E-state index contributed by atoms with van der Waals surface area (Å²) in [6, 6.07) is 8.86. The lowest BCUT2D eigenvalue weighted by atomic mass is 9.99. The number of hydrogen-bond donors (Lipinski definition) is 0. The third-order valence-corrected chi connectivity index (χ3v) is 7.36. The Bertz CT molecular complexity index is 1260. The summed E-state index contributed by atoms with van der Waals surface area (Å²) in [7, 11) is -6.90. The number of fused-ring (bicyclic) bond motifs is 1. The molecule has 0 N–H and O–H groups in total. The molecule has 1 aliphatic heterocycles. The van der Waals surface area contributed by atoms with Gasteiger partial charge in [-0.1, -0.05) is 6.07 Å². The maximum atomic E-state index is 12.6. The SMILES string of the molecule is Cc1ccc(S(C)(=O)=O)cc1C(=O)OCC(=O)c1ccc2c(c1)CCCN2S(C)(=O)=O. The summed E-state index contributed by atoms with van der Waals surface area (Å²) in [6.45, 7) is 1.51. The predicted octanol–water partition coefficient (Wildman–Crippen LogP) is 2.15. The number of esters is 1. The molecule has 0 spiro atoms. The normalized spacial score (nSPS) is 14.1. The molecule has 2 aromatic rings. The first kappa shape index (κ1) is 23.0. The van der Waals surface area contributed by atoms with Crippen molar-refractivity contribution in [1.29, 1.82) is 0 Å². The number of sulfonamides is 1. The number of sulfone groups is 1. The lowest BCUT2D eigenvalue weighted by Gasteiger charge is -2.29. The average molecular weight is 466 g/mol. The van der Waals surface area contributed by atoms with Crippen LogP contribution in [0.1, 0.15) is 38.3 Å². The molecule has 1 aliphatic rings. The van der Waals surface area contributed by atoms with Gasteiger partial charge in [0.15, 0.2) is 22.2 Å². The van der Waals surface area contributed by atoms with Crippen LogP contribution in [-0.2, 0) is 31.0 Å². The molecule has 0 fully saturated rings. The van der Waals surface area contributed by atoms with Gasteiger partial charge in [-0.05, 0) is 61.2 Å². The Hall–Kier alpha value is -2.72. The molecule has 10 heteroatoms. The smallest absolute Gasteiger partial charge is 0.338 e. The van der Waals surface area contributed by atoms with Gasteiger partial charge in [0.25, 0.3) is 0 Å². The molecule has 0 radical (unpaired) electrons. The van der Waals surface area contributed by atoms with E-state index in [1.165, 1.54) is 28.6 Å². The number of aryl methyl sites for hydroxylation is 2. The Morgan fingerprint density at radius 2 is 1.74 bits per heavy atom. The molecule has 3 rings (SSSR count). The number of ether oxygens (including phenoxy) is 1. The molecule has 1 heterocycles. The van der Waals surface area contributed by atoms with E-state index in [-0.39, 0.29) is 10.5 Å². The van der Waals surface area contributed by atoms with Crippen LogP contribution in [0, 0.1) is 6.92 Å². The van der Waals surface area contributed by atoms with E-state index in [4.69, 9.17) is 4.74 Å². The molecule has 31 heavy (non-hydrogen) atoms. The molecule has 0 aromatic heterocycles. The molecule has 8 nitrogen and oxygen atoms in total. The average Bonchev–Trinajstić information content (AvgIpc) is 2.69. The zero-order valence-electron chi connectivity index (χ0n) is 17.4. The van der Waals surface area contributed by atoms with E-state index in [1.807, 2.05) is 0 Å². The van der Waals surface area contributed by atoms with E-state index in [0.717, 1.165) is 18.1 Å². The predicted molar refractivity (Wildman–Crippen MR) is 116 cm³/mol. The van der Waals surface area contributed by atoms with Crippen molar-refractivity contribution >= 4 is 37.3 Å². The van der Waals surface area contributed by atoms with Crippen LogP contribution in [-0.4, -0.2) is 54.3 Å². The highest BCUT2D eigenvalue weighted by atomic mass is 32.2. The molecule has 2 aromatic carbocycles. The lowest BCUT2D eigenvalue weighted by molar-refractivity contribution is 0.0473. The number of carbonyl (C=O) groups excluding carboxylic acids is 2. The highest BCUT2D eigenvalue weighted by molar-refractivity contribution is 7.92. The van der Waals surface area contributed by atoms with Gasteiger partial charge in [0.05, 0.1) is 22.4 Å². The second-order valence-corrected chi connectivity index (χ2v) is 11.5. The molecular formula is C21H23NO7S2. The van der Waals surface area contributed by atoms with E-state index >= 15 is 0 Å². The molecule has 0 amide bonds. The van der Waals surface area contributed by atoms with E-state index in [2.05, 4.69) is 0 Å². The number of rotatable bonds is 6. The van der Waals surface area contributed by atoms with Gasteiger partial charge in [-0.25, -0.2) is 21.6 Å². The highest BCUT2D eigenvalue weighted by Gasteiger charge is 2.25. The fourth-order valence-electron chi connectivity index (χ4n) is 3.42. The van der Waals surface area contributed by atoms with Crippen molar-refractivity contribution in [2.75, 3.05) is 30.0 Å². The van der Waals surface area contributed by atoms with Crippen molar-refractivity contribution in [2.24, 2.45) is 0 Å². The number of Topliss-reactive ketones (excluding diaryl/α,β-unsaturated/α-hetero) is 1. The fourth-order valence-corrected chi connectivity index (χ4v) is 5.07. The number of ketones is 1. The largest absolute Gasteiger partial charge is 0.454 e. The Labute approximate surface area is 181 Å². The van der Waals surface area contributed by atoms with Crippen molar-refractivity contribution in [3.63, 3.8) is 0 Å². The van der Waals surface area contributed by atoms with Gasteiger partial charge < -0.3 is 4.74 Å². The number of anilines is 1. The second-order valence-electron chi connectivity index (χ2n) is 7.53. The number of benzene rings is 2. The summed E-state index contributed by atoms with van der Waals surface area (Å²) in [5.41, 5.74) is 2.20. The minimum atomic E-state index is -3.50. The van der Waals surface area contributed by atoms with Gasteiger partial charge in [0, 0.05) is 18.4 Å². The van der Waals surface area contributed by atoms with E-state index in [0.29, 0.717) is 36.2 Å². The first-order valence-electron chi connectivity index (χ1n) is 9.49. The second kappa shape index (κ2) is 8.43. The minimum absolute atomic E-state index is 0.0125. The summed E-state index contributed by atoms with van der Waals surface area (Å²) < 4.78 is 53.8. The van der Waals surface area contributed by atoms with Crippen LogP contribution in [0.15, 0.2) is 41.3 Å². The molecule has 0 aliphatic carbocycles. The molecule has 0 atom stereocenters. The van der Waals surface area contributed by atoms with Crippen LogP contribution in [0.4, 0.5) is 5.69 Å². The van der Waals surface area contributed by atoms with E-state index in [9.17, 15) is 26.4 Å². The molecule has 0 saturated heterocycles. The van der Waals surface area contributed by atoms with Crippen molar-refractivity contribution in [3.8, 4) is 0 Å². The van der Waals surface area contributed by atoms with Crippen molar-refractivity contribution in [2.45, 2.75) is 24.7 Å². The molecule has 0 unspecified atom stereocenters. The Morgan fingerprint density at radius 1 is 1.03 bits per heavy atom. The molecule has 0 saturated carbocycles. The Kier molecular flexibility index (Phi) is 6.24.